The van der Waals surface area contributed by atoms with Gasteiger partial charge in [-0.3, -0.25) is 10.3 Å². The maximum atomic E-state index is 12.2. The Labute approximate surface area is 105 Å². The average Bonchev–Trinajstić information content (AvgIpc) is 2.24. The van der Waals surface area contributed by atoms with E-state index in [9.17, 15) is 13.2 Å². The van der Waals surface area contributed by atoms with E-state index in [2.05, 4.69) is 4.90 Å². The molecule has 1 rings (SSSR count). The number of hydrogen-bond acceptors (Lipinski definition) is 3. The van der Waals surface area contributed by atoms with Gasteiger partial charge in [0.05, 0.1) is 12.4 Å². The number of nitrogens with zero attached hydrogens (tertiary/aromatic N) is 2. The summed E-state index contributed by atoms with van der Waals surface area (Å²) in [5.74, 6) is 0.199. The van der Waals surface area contributed by atoms with Crippen molar-refractivity contribution in [1.82, 2.24) is 9.80 Å². The smallest absolute Gasteiger partial charge is 0.388 e. The third-order valence-corrected chi connectivity index (χ3v) is 3.04. The molecule has 0 aromatic heterocycles. The topological polar surface area (TPSA) is 56.4 Å². The fourth-order valence-corrected chi connectivity index (χ4v) is 2.08. The number of unbranched alkanes of at least 4 members (excludes halogenated alkanes) is 1. The Morgan fingerprint density at radius 1 is 1.06 bits per heavy atom. The van der Waals surface area contributed by atoms with Crippen molar-refractivity contribution in [2.75, 3.05) is 39.3 Å². The fourth-order valence-electron chi connectivity index (χ4n) is 2.08. The number of nitrogens with one attached hydrogen (secondary N) is 1. The van der Waals surface area contributed by atoms with Crippen LogP contribution in [-0.2, 0) is 0 Å². The summed E-state index contributed by atoms with van der Waals surface area (Å²) in [6.07, 6.45) is -1.67. The molecule has 1 aliphatic rings. The van der Waals surface area contributed by atoms with Crippen molar-refractivity contribution in [1.29, 1.82) is 5.41 Å². The van der Waals surface area contributed by atoms with Crippen molar-refractivity contribution in [2.45, 2.75) is 25.4 Å². The quantitative estimate of drug-likeness (QED) is 0.432. The molecule has 0 aromatic carbocycles. The third-order valence-electron chi connectivity index (χ3n) is 3.04. The van der Waals surface area contributed by atoms with E-state index in [0.29, 0.717) is 32.6 Å². The Kier molecular flexibility index (Phi) is 5.87. The maximum Gasteiger partial charge on any atom is 0.401 e. The van der Waals surface area contributed by atoms with Crippen LogP contribution in [0.3, 0.4) is 0 Å². The van der Waals surface area contributed by atoms with E-state index in [1.165, 1.54) is 4.90 Å². The molecule has 0 atom stereocenters. The zero-order valence-corrected chi connectivity index (χ0v) is 10.5. The molecule has 1 fully saturated rings. The predicted octanol–water partition coefficient (Wildman–Crippen LogP) is 1.27. The van der Waals surface area contributed by atoms with E-state index >= 15 is 0 Å². The van der Waals surface area contributed by atoms with Crippen molar-refractivity contribution in [2.24, 2.45) is 5.73 Å². The Morgan fingerprint density at radius 2 is 1.61 bits per heavy atom. The summed E-state index contributed by atoms with van der Waals surface area (Å²) in [6.45, 7) is 2.42. The third kappa shape index (κ3) is 6.80. The van der Waals surface area contributed by atoms with Crippen LogP contribution in [0.25, 0.3) is 0 Å². The van der Waals surface area contributed by atoms with Gasteiger partial charge in [0.1, 0.15) is 0 Å². The van der Waals surface area contributed by atoms with Crippen molar-refractivity contribution in [3.63, 3.8) is 0 Å². The largest absolute Gasteiger partial charge is 0.401 e. The second-order valence-electron chi connectivity index (χ2n) is 4.72. The Balaban J connectivity index is 2.10. The molecule has 1 aliphatic heterocycles. The summed E-state index contributed by atoms with van der Waals surface area (Å²) in [5, 5.41) is 7.08. The second kappa shape index (κ2) is 6.94. The molecule has 0 unspecified atom stereocenters. The van der Waals surface area contributed by atoms with E-state index < -0.39 is 12.7 Å². The van der Waals surface area contributed by atoms with Crippen LogP contribution >= 0.6 is 0 Å². The van der Waals surface area contributed by atoms with Gasteiger partial charge < -0.3 is 10.6 Å². The minimum atomic E-state index is -4.09. The Morgan fingerprint density at radius 3 is 2.11 bits per heavy atom. The van der Waals surface area contributed by atoms with E-state index in [4.69, 9.17) is 11.1 Å². The molecule has 0 radical (unpaired) electrons. The summed E-state index contributed by atoms with van der Waals surface area (Å²) < 4.78 is 36.5. The zero-order chi connectivity index (χ0) is 13.6. The molecule has 0 aliphatic carbocycles. The second-order valence-corrected chi connectivity index (χ2v) is 4.72. The molecule has 0 amide bonds. The SMILES string of the molecule is N=C(N)CCCCN1CCN(CC(F)(F)F)CC1. The summed E-state index contributed by atoms with van der Waals surface area (Å²) in [7, 11) is 0. The van der Waals surface area contributed by atoms with Crippen molar-refractivity contribution < 1.29 is 13.2 Å². The molecule has 18 heavy (non-hydrogen) atoms. The van der Waals surface area contributed by atoms with Crippen LogP contribution < -0.4 is 5.73 Å². The van der Waals surface area contributed by atoms with Crippen LogP contribution in [0.15, 0.2) is 0 Å². The van der Waals surface area contributed by atoms with Gasteiger partial charge in [-0.05, 0) is 19.4 Å². The van der Waals surface area contributed by atoms with E-state index in [-0.39, 0.29) is 5.84 Å². The van der Waals surface area contributed by atoms with Crippen molar-refractivity contribution in [3.05, 3.63) is 0 Å². The van der Waals surface area contributed by atoms with Crippen LogP contribution in [0.4, 0.5) is 13.2 Å². The first-order valence-corrected chi connectivity index (χ1v) is 6.21. The molecule has 4 nitrogen and oxygen atoms in total. The molecule has 0 aromatic rings. The molecule has 1 heterocycles. The van der Waals surface area contributed by atoms with Gasteiger partial charge in [-0.15, -0.1) is 0 Å². The van der Waals surface area contributed by atoms with E-state index in [0.717, 1.165) is 19.4 Å². The molecule has 7 heteroatoms. The molecule has 1 saturated heterocycles. The molecule has 0 saturated carbocycles. The van der Waals surface area contributed by atoms with E-state index in [1.807, 2.05) is 0 Å². The highest BCUT2D eigenvalue weighted by atomic mass is 19.4. The number of hydrogen-bond donors (Lipinski definition) is 2. The minimum Gasteiger partial charge on any atom is -0.388 e. The molecule has 0 spiro atoms. The van der Waals surface area contributed by atoms with Gasteiger partial charge in [0.25, 0.3) is 0 Å². The number of piperazine rings is 1. The minimum absolute atomic E-state index is 0.199. The fraction of sp³-hybridized carbons (Fsp3) is 0.909. The lowest BCUT2D eigenvalue weighted by molar-refractivity contribution is -0.149. The standard InChI is InChI=1S/C11H21F3N4/c12-11(13,14)9-18-7-5-17(6-8-18)4-2-1-3-10(15)16/h1-9H2,(H3,15,16). The summed E-state index contributed by atoms with van der Waals surface area (Å²) in [6, 6.07) is 0. The molecular weight excluding hydrogens is 245 g/mol. The first-order chi connectivity index (χ1) is 8.37. The lowest BCUT2D eigenvalue weighted by Gasteiger charge is -2.34. The number of amidine groups is 1. The number of alkyl halides is 3. The number of halogens is 3. The van der Waals surface area contributed by atoms with Gasteiger partial charge in [-0.25, -0.2) is 0 Å². The van der Waals surface area contributed by atoms with Crippen LogP contribution in [0.2, 0.25) is 0 Å². The molecule has 0 bridgehead atoms. The predicted molar refractivity (Wildman–Crippen MR) is 64.7 cm³/mol. The zero-order valence-electron chi connectivity index (χ0n) is 10.5. The van der Waals surface area contributed by atoms with Crippen LogP contribution in [-0.4, -0.2) is 61.1 Å². The molecule has 106 valence electrons. The first-order valence-electron chi connectivity index (χ1n) is 6.21. The lowest BCUT2D eigenvalue weighted by Crippen LogP contribution is -2.49. The van der Waals surface area contributed by atoms with Gasteiger partial charge in [0.15, 0.2) is 0 Å². The summed E-state index contributed by atoms with van der Waals surface area (Å²) in [5.41, 5.74) is 5.25. The molecule has 3 N–H and O–H groups in total. The van der Waals surface area contributed by atoms with Gasteiger partial charge in [0.2, 0.25) is 0 Å². The highest BCUT2D eigenvalue weighted by Gasteiger charge is 2.31. The van der Waals surface area contributed by atoms with Crippen LogP contribution in [0, 0.1) is 5.41 Å². The van der Waals surface area contributed by atoms with Crippen LogP contribution in [0.1, 0.15) is 19.3 Å². The highest BCUT2D eigenvalue weighted by Crippen LogP contribution is 2.17. The highest BCUT2D eigenvalue weighted by molar-refractivity contribution is 5.76. The maximum absolute atomic E-state index is 12.2. The van der Waals surface area contributed by atoms with E-state index in [1.54, 1.807) is 0 Å². The van der Waals surface area contributed by atoms with Gasteiger partial charge in [-0.2, -0.15) is 13.2 Å². The Bertz CT molecular complexity index is 260. The number of nitrogens with two attached hydrogens (primary N) is 1. The van der Waals surface area contributed by atoms with Gasteiger partial charge >= 0.3 is 6.18 Å². The van der Waals surface area contributed by atoms with Crippen LogP contribution in [0.5, 0.6) is 0 Å². The van der Waals surface area contributed by atoms with Crippen molar-refractivity contribution >= 4 is 5.84 Å². The monoisotopic (exact) mass is 266 g/mol. The van der Waals surface area contributed by atoms with Gasteiger partial charge in [0, 0.05) is 32.6 Å². The van der Waals surface area contributed by atoms with Crippen molar-refractivity contribution in [3.8, 4) is 0 Å². The summed E-state index contributed by atoms with van der Waals surface area (Å²) in [4.78, 5) is 3.62. The molecular formula is C11H21F3N4. The first kappa shape index (κ1) is 15.2. The average molecular weight is 266 g/mol. The van der Waals surface area contributed by atoms with Gasteiger partial charge in [-0.1, -0.05) is 0 Å². The lowest BCUT2D eigenvalue weighted by atomic mass is 10.2. The number of rotatable bonds is 6. The summed E-state index contributed by atoms with van der Waals surface area (Å²) >= 11 is 0. The Hall–Kier alpha value is -0.820. The normalized spacial score (nSPS) is 19.1.